The molecule has 45 heavy (non-hydrogen) atoms. The number of rotatable bonds is 3. The normalized spacial score (nSPS) is 32.6. The number of benzene rings is 2. The van der Waals surface area contributed by atoms with Crippen molar-refractivity contribution in [2.24, 2.45) is 17.8 Å². The molecule has 1 saturated carbocycles. The largest absolute Gasteiger partial charge is 0.490 e. The first-order chi connectivity index (χ1) is 21.5. The fourth-order valence-electron chi connectivity index (χ4n) is 7.89. The van der Waals surface area contributed by atoms with Gasteiger partial charge in [-0.25, -0.2) is 13.1 Å². The van der Waals surface area contributed by atoms with Gasteiger partial charge in [0.2, 0.25) is 10.0 Å². The fourth-order valence-corrected chi connectivity index (χ4v) is 9.86. The van der Waals surface area contributed by atoms with Crippen molar-refractivity contribution < 1.29 is 27.8 Å². The van der Waals surface area contributed by atoms with Crippen molar-refractivity contribution >= 4 is 33.2 Å². The molecule has 2 aromatic carbocycles. The van der Waals surface area contributed by atoms with Gasteiger partial charge in [0.15, 0.2) is 0 Å². The average molecular weight is 657 g/mol. The number of anilines is 1. The Kier molecular flexibility index (Phi) is 9.27. The molecule has 4 aliphatic rings. The minimum atomic E-state index is -4.06. The first-order valence-electron chi connectivity index (χ1n) is 16.2. The van der Waals surface area contributed by atoms with Crippen molar-refractivity contribution in [3.63, 3.8) is 0 Å². The van der Waals surface area contributed by atoms with Gasteiger partial charge in [0, 0.05) is 36.2 Å². The van der Waals surface area contributed by atoms with E-state index in [9.17, 15) is 18.3 Å². The summed E-state index contributed by atoms with van der Waals surface area (Å²) in [5.41, 5.74) is 3.26. The molecular weight excluding hydrogens is 612 g/mol. The molecule has 2 bridgehead atoms. The lowest BCUT2D eigenvalue weighted by Gasteiger charge is -2.45. The van der Waals surface area contributed by atoms with Gasteiger partial charge in [-0.2, -0.15) is 0 Å². The third kappa shape index (κ3) is 6.51. The summed E-state index contributed by atoms with van der Waals surface area (Å²) in [7, 11) is -2.51. The fraction of sp³-hybridized carbons (Fsp3) is 0.571. The lowest BCUT2D eigenvalue weighted by molar-refractivity contribution is 0.0455. The molecule has 0 radical (unpaired) electrons. The molecule has 2 aliphatic carbocycles. The molecule has 244 valence electrons. The van der Waals surface area contributed by atoms with E-state index in [-0.39, 0.29) is 41.3 Å². The van der Waals surface area contributed by atoms with Crippen LogP contribution < -0.4 is 14.4 Å². The molecule has 2 aromatic rings. The summed E-state index contributed by atoms with van der Waals surface area (Å²) < 4.78 is 41.8. The highest BCUT2D eigenvalue weighted by Gasteiger charge is 2.44. The molecule has 1 fully saturated rings. The van der Waals surface area contributed by atoms with E-state index in [1.54, 1.807) is 25.3 Å². The second kappa shape index (κ2) is 12.9. The predicted octanol–water partition coefficient (Wildman–Crippen LogP) is 5.65. The van der Waals surface area contributed by atoms with Gasteiger partial charge in [0.1, 0.15) is 5.75 Å². The summed E-state index contributed by atoms with van der Waals surface area (Å²) in [6, 6.07) is 11.4. The molecule has 2 N–H and O–H groups in total. The molecule has 0 aromatic heterocycles. The highest BCUT2D eigenvalue weighted by Crippen LogP contribution is 2.46. The number of carbonyl (C=O) groups excluding carboxylic acids is 1. The van der Waals surface area contributed by atoms with E-state index in [2.05, 4.69) is 21.8 Å². The molecule has 1 spiro atoms. The smallest absolute Gasteiger partial charge is 0.264 e. The number of nitrogens with zero attached hydrogens (tertiary/aromatic N) is 1. The van der Waals surface area contributed by atoms with Crippen LogP contribution in [0.3, 0.4) is 0 Å². The number of aliphatic hydroxyl groups is 1. The Hall–Kier alpha value is -2.59. The number of aliphatic hydroxyl groups excluding tert-OH is 1. The van der Waals surface area contributed by atoms with Gasteiger partial charge in [-0.3, -0.25) is 4.79 Å². The Morgan fingerprint density at radius 1 is 1.22 bits per heavy atom. The highest BCUT2D eigenvalue weighted by atomic mass is 35.5. The van der Waals surface area contributed by atoms with Gasteiger partial charge in [-0.1, -0.05) is 36.7 Å². The molecule has 0 saturated heterocycles. The zero-order valence-electron chi connectivity index (χ0n) is 26.4. The standard InChI is InChI=1S/C35H45ClN2O6S/c1-22-6-4-8-31(39)28-12-9-26(28)19-38-20-35(15-5-7-24-17-27(36)11-13-29(24)35)21-44-32-14-10-25(18-30(32)38)34(40)37-45(41,42)33(22)16-23(2)43-3/h4,8,10-11,13-14,17-18,22-23,26,28,31,33,39H,5-7,9,12,15-16,19-21H2,1-3H3,(H,37,40)/b8-4+/t22-,23+,26-,28+,31-,33-,35-/m0/s1. The van der Waals surface area contributed by atoms with E-state index in [4.69, 9.17) is 21.1 Å². The zero-order valence-corrected chi connectivity index (χ0v) is 27.9. The van der Waals surface area contributed by atoms with E-state index in [1.807, 2.05) is 32.1 Å². The second-order valence-electron chi connectivity index (χ2n) is 13.7. The molecule has 6 rings (SSSR count). The Labute approximate surface area is 272 Å². The third-order valence-corrected chi connectivity index (χ3v) is 12.9. The van der Waals surface area contributed by atoms with Crippen molar-refractivity contribution in [2.75, 3.05) is 31.7 Å². The van der Waals surface area contributed by atoms with Gasteiger partial charge >= 0.3 is 0 Å². The molecule has 8 nitrogen and oxygen atoms in total. The maximum absolute atomic E-state index is 13.7. The van der Waals surface area contributed by atoms with Gasteiger partial charge in [-0.15, -0.1) is 0 Å². The molecule has 7 atom stereocenters. The van der Waals surface area contributed by atoms with Gasteiger partial charge in [-0.05, 0) is 111 Å². The average Bonchev–Trinajstić information content (AvgIpc) is 3.13. The number of nitrogens with one attached hydrogen (secondary N) is 1. The van der Waals surface area contributed by atoms with Crippen LogP contribution in [0.4, 0.5) is 5.69 Å². The van der Waals surface area contributed by atoms with Gasteiger partial charge < -0.3 is 19.5 Å². The molecule has 0 unspecified atom stereocenters. The number of ether oxygens (including phenoxy) is 2. The molecule has 2 heterocycles. The van der Waals surface area contributed by atoms with Crippen molar-refractivity contribution in [3.8, 4) is 5.75 Å². The lowest BCUT2D eigenvalue weighted by Crippen LogP contribution is -2.49. The summed E-state index contributed by atoms with van der Waals surface area (Å²) in [6.45, 7) is 5.57. The molecular formula is C35H45ClN2O6S. The third-order valence-electron chi connectivity index (χ3n) is 10.7. The number of halogens is 1. The number of allylic oxidation sites excluding steroid dienone is 1. The minimum absolute atomic E-state index is 0.102. The van der Waals surface area contributed by atoms with Crippen LogP contribution in [0.5, 0.6) is 5.75 Å². The Balaban J connectivity index is 1.41. The first kappa shape index (κ1) is 32.4. The van der Waals surface area contributed by atoms with Crippen LogP contribution >= 0.6 is 11.6 Å². The van der Waals surface area contributed by atoms with Crippen LogP contribution in [0.2, 0.25) is 5.02 Å². The summed E-state index contributed by atoms with van der Waals surface area (Å²) in [4.78, 5) is 15.9. The van der Waals surface area contributed by atoms with Crippen molar-refractivity contribution in [1.29, 1.82) is 0 Å². The lowest BCUT2D eigenvalue weighted by atomic mass is 9.68. The Morgan fingerprint density at radius 2 is 2.04 bits per heavy atom. The summed E-state index contributed by atoms with van der Waals surface area (Å²) in [5, 5.41) is 11.1. The predicted molar refractivity (Wildman–Crippen MR) is 177 cm³/mol. The number of methoxy groups -OCH3 is 1. The molecule has 1 amide bonds. The minimum Gasteiger partial charge on any atom is -0.490 e. The van der Waals surface area contributed by atoms with Crippen molar-refractivity contribution in [2.45, 2.75) is 81.7 Å². The number of aryl methyl sites for hydroxylation is 1. The van der Waals surface area contributed by atoms with Crippen LogP contribution in [0.25, 0.3) is 0 Å². The SMILES string of the molecule is CO[C@H](C)C[C@H]1[C@@H](C)C/C=C/[C@H](O)[C@@H]2CC[C@H]2CN2C[C@@]3(CCCc4cc(Cl)ccc43)COc3ccc(cc32)C(=O)NS1(=O)=O. The summed E-state index contributed by atoms with van der Waals surface area (Å²) in [6.07, 6.45) is 8.38. The van der Waals surface area contributed by atoms with Crippen LogP contribution in [0, 0.1) is 17.8 Å². The zero-order chi connectivity index (χ0) is 31.9. The Morgan fingerprint density at radius 3 is 2.80 bits per heavy atom. The Bertz CT molecular complexity index is 1560. The summed E-state index contributed by atoms with van der Waals surface area (Å²) >= 11 is 6.40. The topological polar surface area (TPSA) is 105 Å². The monoisotopic (exact) mass is 656 g/mol. The van der Waals surface area contributed by atoms with E-state index in [1.165, 1.54) is 11.1 Å². The van der Waals surface area contributed by atoms with Crippen LogP contribution in [-0.2, 0) is 26.6 Å². The van der Waals surface area contributed by atoms with Crippen LogP contribution in [-0.4, -0.2) is 63.7 Å². The van der Waals surface area contributed by atoms with E-state index in [0.29, 0.717) is 31.9 Å². The highest BCUT2D eigenvalue weighted by molar-refractivity contribution is 7.90. The maximum atomic E-state index is 13.7. The second-order valence-corrected chi connectivity index (χ2v) is 16.1. The van der Waals surface area contributed by atoms with Gasteiger partial charge in [0.25, 0.3) is 5.91 Å². The number of carbonyl (C=O) groups is 1. The summed E-state index contributed by atoms with van der Waals surface area (Å²) in [5.74, 6) is 0.0766. The number of hydrogen-bond donors (Lipinski definition) is 2. The van der Waals surface area contributed by atoms with Crippen molar-refractivity contribution in [1.82, 2.24) is 4.72 Å². The van der Waals surface area contributed by atoms with Crippen LogP contribution in [0.1, 0.15) is 73.9 Å². The van der Waals surface area contributed by atoms with E-state index >= 15 is 0 Å². The maximum Gasteiger partial charge on any atom is 0.264 e. The first-order valence-corrected chi connectivity index (χ1v) is 18.2. The van der Waals surface area contributed by atoms with E-state index < -0.39 is 27.3 Å². The number of hydrogen-bond acceptors (Lipinski definition) is 7. The number of amides is 1. The number of fused-ring (bicyclic) bond motifs is 4. The number of sulfonamides is 1. The van der Waals surface area contributed by atoms with Gasteiger partial charge in [0.05, 0.1) is 29.8 Å². The van der Waals surface area contributed by atoms with E-state index in [0.717, 1.165) is 42.8 Å². The van der Waals surface area contributed by atoms with Crippen LogP contribution in [0.15, 0.2) is 48.6 Å². The molecule has 10 heteroatoms. The quantitative estimate of drug-likeness (QED) is 0.412. The van der Waals surface area contributed by atoms with Crippen molar-refractivity contribution in [3.05, 3.63) is 70.3 Å². The molecule has 2 aliphatic heterocycles.